The molecule has 1 saturated heterocycles. The van der Waals surface area contributed by atoms with E-state index in [4.69, 9.17) is 9.41 Å². The number of hydrogen-bond acceptors (Lipinski definition) is 4. The molecule has 3 heterocycles. The molecule has 2 N–H and O–H groups in total. The van der Waals surface area contributed by atoms with Gasteiger partial charge in [0.2, 0.25) is 0 Å². The molecular formula is C24H33IN6O. The summed E-state index contributed by atoms with van der Waals surface area (Å²) in [5.74, 6) is 2.75. The Morgan fingerprint density at radius 1 is 1.12 bits per heavy atom. The van der Waals surface area contributed by atoms with Crippen LogP contribution in [0.4, 0.5) is 0 Å². The first-order chi connectivity index (χ1) is 15.3. The Bertz CT molecular complexity index is 935. The van der Waals surface area contributed by atoms with Crippen molar-refractivity contribution in [2.24, 2.45) is 4.99 Å². The van der Waals surface area contributed by atoms with Gasteiger partial charge in [-0.15, -0.1) is 24.0 Å². The molecule has 0 bridgehead atoms. The number of nitrogens with zero attached hydrogens (tertiary/aromatic N) is 4. The number of hydrogen-bond donors (Lipinski definition) is 2. The number of imidazole rings is 1. The molecule has 1 fully saturated rings. The van der Waals surface area contributed by atoms with Crippen molar-refractivity contribution in [1.82, 2.24) is 25.1 Å². The normalized spacial score (nSPS) is 15.3. The Morgan fingerprint density at radius 2 is 1.94 bits per heavy atom. The first-order valence-electron chi connectivity index (χ1n) is 11.2. The van der Waals surface area contributed by atoms with Gasteiger partial charge in [0.25, 0.3) is 0 Å². The van der Waals surface area contributed by atoms with E-state index in [1.807, 2.05) is 24.5 Å². The van der Waals surface area contributed by atoms with Gasteiger partial charge >= 0.3 is 0 Å². The highest BCUT2D eigenvalue weighted by Gasteiger charge is 2.25. The lowest BCUT2D eigenvalue weighted by atomic mass is 10.2. The van der Waals surface area contributed by atoms with Gasteiger partial charge in [0.05, 0.1) is 12.3 Å². The van der Waals surface area contributed by atoms with Crippen molar-refractivity contribution in [3.63, 3.8) is 0 Å². The molecule has 0 amide bonds. The van der Waals surface area contributed by atoms with Gasteiger partial charge in [-0.2, -0.15) is 0 Å². The standard InChI is InChI=1S/C24H32N6O.HI/c1-2-25-24(27-17-21(22-11-8-16-31-22)29-13-6-7-14-29)28-18-23-26-12-15-30(23)19-20-9-4-3-5-10-20;/h3-5,8-12,15-16,21H,2,6-7,13-14,17-19H2,1H3,(H2,25,27,28);1H. The van der Waals surface area contributed by atoms with Crippen LogP contribution in [0.2, 0.25) is 0 Å². The van der Waals surface area contributed by atoms with Gasteiger partial charge in [-0.3, -0.25) is 4.90 Å². The van der Waals surface area contributed by atoms with Gasteiger partial charge in [0, 0.05) is 32.0 Å². The Hall–Kier alpha value is -2.33. The Balaban J connectivity index is 0.00000289. The zero-order valence-corrected chi connectivity index (χ0v) is 20.9. The molecule has 1 aliphatic rings. The zero-order chi connectivity index (χ0) is 21.3. The molecule has 2 aromatic heterocycles. The molecule has 1 aliphatic heterocycles. The quantitative estimate of drug-likeness (QED) is 0.240. The average Bonchev–Trinajstić information content (AvgIpc) is 3.57. The van der Waals surface area contributed by atoms with Gasteiger partial charge in [0.15, 0.2) is 5.96 Å². The first kappa shape index (κ1) is 24.3. The summed E-state index contributed by atoms with van der Waals surface area (Å²) in [7, 11) is 0. The number of rotatable bonds is 9. The molecule has 8 heteroatoms. The Kier molecular flexibility index (Phi) is 9.61. The van der Waals surface area contributed by atoms with E-state index in [2.05, 4.69) is 62.3 Å². The number of aliphatic imine (C=N–C) groups is 1. The van der Waals surface area contributed by atoms with Gasteiger partial charge in [-0.05, 0) is 50.6 Å². The summed E-state index contributed by atoms with van der Waals surface area (Å²) >= 11 is 0. The number of nitrogens with one attached hydrogen (secondary N) is 2. The molecule has 32 heavy (non-hydrogen) atoms. The fourth-order valence-corrected chi connectivity index (χ4v) is 4.04. The SMILES string of the molecule is CCNC(=NCc1nccn1Cc1ccccc1)NCC(c1ccco1)N1CCCC1.I. The summed E-state index contributed by atoms with van der Waals surface area (Å²) in [4.78, 5) is 11.8. The summed E-state index contributed by atoms with van der Waals surface area (Å²) < 4.78 is 7.89. The predicted octanol–water partition coefficient (Wildman–Crippen LogP) is 4.03. The van der Waals surface area contributed by atoms with E-state index in [-0.39, 0.29) is 30.0 Å². The zero-order valence-electron chi connectivity index (χ0n) is 18.6. The highest BCUT2D eigenvalue weighted by Crippen LogP contribution is 2.24. The van der Waals surface area contributed by atoms with Crippen LogP contribution in [0.25, 0.3) is 0 Å². The fourth-order valence-electron chi connectivity index (χ4n) is 4.04. The van der Waals surface area contributed by atoms with Crippen LogP contribution in [-0.4, -0.2) is 46.6 Å². The second kappa shape index (κ2) is 12.6. The van der Waals surface area contributed by atoms with Gasteiger partial charge in [-0.1, -0.05) is 30.3 Å². The highest BCUT2D eigenvalue weighted by atomic mass is 127. The smallest absolute Gasteiger partial charge is 0.191 e. The summed E-state index contributed by atoms with van der Waals surface area (Å²) in [6, 6.07) is 14.7. The summed E-state index contributed by atoms with van der Waals surface area (Å²) in [6.07, 6.45) is 8.10. The maximum absolute atomic E-state index is 5.74. The van der Waals surface area contributed by atoms with E-state index < -0.39 is 0 Å². The van der Waals surface area contributed by atoms with Crippen molar-refractivity contribution < 1.29 is 4.42 Å². The minimum Gasteiger partial charge on any atom is -0.468 e. The summed E-state index contributed by atoms with van der Waals surface area (Å²) in [5, 5.41) is 6.88. The van der Waals surface area contributed by atoms with Crippen LogP contribution < -0.4 is 10.6 Å². The lowest BCUT2D eigenvalue weighted by Gasteiger charge is -2.26. The Labute approximate surface area is 207 Å². The van der Waals surface area contributed by atoms with E-state index in [9.17, 15) is 0 Å². The molecule has 1 atom stereocenters. The van der Waals surface area contributed by atoms with E-state index in [1.54, 1.807) is 6.26 Å². The van der Waals surface area contributed by atoms with Gasteiger partial charge in [-0.25, -0.2) is 9.98 Å². The number of halogens is 1. The molecule has 0 saturated carbocycles. The van der Waals surface area contributed by atoms with E-state index in [0.717, 1.165) is 50.3 Å². The molecule has 172 valence electrons. The molecule has 4 rings (SSSR count). The monoisotopic (exact) mass is 548 g/mol. The number of benzene rings is 1. The summed E-state index contributed by atoms with van der Waals surface area (Å²) in [5.41, 5.74) is 1.25. The number of guanidine groups is 1. The minimum atomic E-state index is 0. The average molecular weight is 548 g/mol. The van der Waals surface area contributed by atoms with Crippen LogP contribution in [0.15, 0.2) is 70.5 Å². The van der Waals surface area contributed by atoms with Crippen molar-refractivity contribution >= 4 is 29.9 Å². The third-order valence-corrected chi connectivity index (χ3v) is 5.64. The Morgan fingerprint density at radius 3 is 2.66 bits per heavy atom. The second-order valence-electron chi connectivity index (χ2n) is 7.81. The predicted molar refractivity (Wildman–Crippen MR) is 138 cm³/mol. The minimum absolute atomic E-state index is 0. The van der Waals surface area contributed by atoms with Crippen molar-refractivity contribution in [1.29, 1.82) is 0 Å². The van der Waals surface area contributed by atoms with Crippen LogP contribution in [0.3, 0.4) is 0 Å². The van der Waals surface area contributed by atoms with E-state index in [0.29, 0.717) is 6.54 Å². The van der Waals surface area contributed by atoms with Crippen LogP contribution >= 0.6 is 24.0 Å². The van der Waals surface area contributed by atoms with Crippen molar-refractivity contribution in [3.8, 4) is 0 Å². The number of aromatic nitrogens is 2. The maximum atomic E-state index is 5.74. The fraction of sp³-hybridized carbons (Fsp3) is 0.417. The lowest BCUT2D eigenvalue weighted by molar-refractivity contribution is 0.215. The van der Waals surface area contributed by atoms with Gasteiger partial charge < -0.3 is 19.6 Å². The second-order valence-corrected chi connectivity index (χ2v) is 7.81. The highest BCUT2D eigenvalue weighted by molar-refractivity contribution is 14.0. The van der Waals surface area contributed by atoms with Crippen LogP contribution in [0.1, 0.15) is 43.0 Å². The first-order valence-corrected chi connectivity index (χ1v) is 11.2. The molecule has 0 radical (unpaired) electrons. The van der Waals surface area contributed by atoms with Crippen LogP contribution in [0, 0.1) is 0 Å². The van der Waals surface area contributed by atoms with Crippen molar-refractivity contribution in [2.75, 3.05) is 26.2 Å². The topological polar surface area (TPSA) is 70.6 Å². The van der Waals surface area contributed by atoms with Gasteiger partial charge in [0.1, 0.15) is 18.1 Å². The van der Waals surface area contributed by atoms with E-state index >= 15 is 0 Å². The molecule has 3 aromatic rings. The third kappa shape index (κ3) is 6.59. The third-order valence-electron chi connectivity index (χ3n) is 5.64. The largest absolute Gasteiger partial charge is 0.468 e. The van der Waals surface area contributed by atoms with Crippen LogP contribution in [-0.2, 0) is 13.1 Å². The molecule has 0 spiro atoms. The maximum Gasteiger partial charge on any atom is 0.191 e. The molecule has 7 nitrogen and oxygen atoms in total. The van der Waals surface area contributed by atoms with Crippen molar-refractivity contribution in [2.45, 2.75) is 38.9 Å². The van der Waals surface area contributed by atoms with Crippen LogP contribution in [0.5, 0.6) is 0 Å². The van der Waals surface area contributed by atoms with E-state index in [1.165, 1.54) is 18.4 Å². The molecule has 1 unspecified atom stereocenters. The number of likely N-dealkylation sites (tertiary alicyclic amines) is 1. The number of furan rings is 1. The summed E-state index contributed by atoms with van der Waals surface area (Å²) in [6.45, 7) is 7.17. The van der Waals surface area contributed by atoms with Crippen molar-refractivity contribution in [3.05, 3.63) is 78.3 Å². The lowest BCUT2D eigenvalue weighted by Crippen LogP contribution is -2.42. The molecule has 0 aliphatic carbocycles. The molecule has 1 aromatic carbocycles. The molecular weight excluding hydrogens is 515 g/mol.